The van der Waals surface area contributed by atoms with Crippen LogP contribution in [0.3, 0.4) is 0 Å². The van der Waals surface area contributed by atoms with Crippen LogP contribution in [0.25, 0.3) is 11.0 Å². The third kappa shape index (κ3) is 2.84. The van der Waals surface area contributed by atoms with Crippen molar-refractivity contribution in [3.63, 3.8) is 0 Å². The molecule has 3 heterocycles. The van der Waals surface area contributed by atoms with E-state index in [0.717, 1.165) is 24.1 Å². The minimum absolute atomic E-state index is 0.0483. The zero-order valence-corrected chi connectivity index (χ0v) is 13.2. The summed E-state index contributed by atoms with van der Waals surface area (Å²) >= 11 is 0. The Kier molecular flexibility index (Phi) is 4.12. The lowest BCUT2D eigenvalue weighted by atomic mass is 10.2. The Morgan fingerprint density at radius 2 is 2.05 bits per heavy atom. The standard InChI is InChI=1S/C14H22N6O2/c1-9-7-20(8-10(2)22-9)14-17-12(15-4-5-21)11-6-16-19(3)13(11)18-14/h6,9-10,21H,4-5,7-8H2,1-3H3,(H,15,17,18)/t9-,10+. The second-order valence-corrected chi connectivity index (χ2v) is 5.69. The van der Waals surface area contributed by atoms with Gasteiger partial charge in [-0.05, 0) is 13.8 Å². The highest BCUT2D eigenvalue weighted by Gasteiger charge is 2.25. The van der Waals surface area contributed by atoms with Gasteiger partial charge in [-0.15, -0.1) is 0 Å². The first-order valence-electron chi connectivity index (χ1n) is 7.53. The van der Waals surface area contributed by atoms with Gasteiger partial charge in [-0.25, -0.2) is 0 Å². The number of hydrogen-bond acceptors (Lipinski definition) is 7. The number of aliphatic hydroxyl groups excluding tert-OH is 1. The maximum atomic E-state index is 9.04. The summed E-state index contributed by atoms with van der Waals surface area (Å²) in [6.45, 7) is 6.11. The molecule has 8 nitrogen and oxygen atoms in total. The number of nitrogens with one attached hydrogen (secondary N) is 1. The van der Waals surface area contributed by atoms with Crippen LogP contribution in [0.5, 0.6) is 0 Å². The van der Waals surface area contributed by atoms with E-state index in [2.05, 4.69) is 39.1 Å². The van der Waals surface area contributed by atoms with Crippen molar-refractivity contribution in [2.24, 2.45) is 7.05 Å². The predicted molar refractivity (Wildman–Crippen MR) is 84.1 cm³/mol. The summed E-state index contributed by atoms with van der Waals surface area (Å²) in [7, 11) is 1.86. The van der Waals surface area contributed by atoms with Gasteiger partial charge in [0, 0.05) is 26.7 Å². The molecular weight excluding hydrogens is 284 g/mol. The summed E-state index contributed by atoms with van der Waals surface area (Å²) in [6.07, 6.45) is 2.02. The van der Waals surface area contributed by atoms with Crippen LogP contribution in [0.4, 0.5) is 11.8 Å². The van der Waals surface area contributed by atoms with Crippen LogP contribution in [-0.2, 0) is 11.8 Å². The van der Waals surface area contributed by atoms with Crippen molar-refractivity contribution in [2.45, 2.75) is 26.1 Å². The molecule has 1 aliphatic heterocycles. The molecule has 0 aliphatic carbocycles. The average molecular weight is 306 g/mol. The average Bonchev–Trinajstić information content (AvgIpc) is 2.85. The van der Waals surface area contributed by atoms with Crippen molar-refractivity contribution in [3.05, 3.63) is 6.20 Å². The Morgan fingerprint density at radius 1 is 1.32 bits per heavy atom. The smallest absolute Gasteiger partial charge is 0.229 e. The molecule has 2 aromatic heterocycles. The SMILES string of the molecule is C[C@@H]1CN(c2nc(NCCO)c3cnn(C)c3n2)C[C@H](C)O1. The molecule has 0 unspecified atom stereocenters. The van der Waals surface area contributed by atoms with Crippen LogP contribution in [0.1, 0.15) is 13.8 Å². The van der Waals surface area contributed by atoms with E-state index >= 15 is 0 Å². The number of nitrogens with zero attached hydrogens (tertiary/aromatic N) is 5. The summed E-state index contributed by atoms with van der Waals surface area (Å²) in [4.78, 5) is 11.4. The minimum atomic E-state index is 0.0483. The Hall–Kier alpha value is -1.93. The van der Waals surface area contributed by atoms with Crippen LogP contribution in [0, 0.1) is 0 Å². The first kappa shape index (κ1) is 15.0. The monoisotopic (exact) mass is 306 g/mol. The van der Waals surface area contributed by atoms with E-state index in [9.17, 15) is 0 Å². The quantitative estimate of drug-likeness (QED) is 0.844. The molecule has 0 saturated carbocycles. The number of morpholine rings is 1. The number of aromatic nitrogens is 4. The van der Waals surface area contributed by atoms with Crippen molar-refractivity contribution in [2.75, 3.05) is 36.5 Å². The normalized spacial score (nSPS) is 22.3. The van der Waals surface area contributed by atoms with Crippen LogP contribution >= 0.6 is 0 Å². The number of rotatable bonds is 4. The first-order chi connectivity index (χ1) is 10.6. The highest BCUT2D eigenvalue weighted by molar-refractivity contribution is 5.87. The van der Waals surface area contributed by atoms with E-state index in [-0.39, 0.29) is 18.8 Å². The van der Waals surface area contributed by atoms with Crippen LogP contribution in [0.15, 0.2) is 6.20 Å². The predicted octanol–water partition coefficient (Wildman–Crippen LogP) is 0.381. The Balaban J connectivity index is 1.99. The summed E-state index contributed by atoms with van der Waals surface area (Å²) < 4.78 is 7.50. The van der Waals surface area contributed by atoms with Gasteiger partial charge >= 0.3 is 0 Å². The van der Waals surface area contributed by atoms with Gasteiger partial charge in [0.1, 0.15) is 5.82 Å². The molecule has 0 radical (unpaired) electrons. The van der Waals surface area contributed by atoms with Gasteiger partial charge in [0.2, 0.25) is 5.95 Å². The van der Waals surface area contributed by atoms with Gasteiger partial charge in [-0.3, -0.25) is 4.68 Å². The highest BCUT2D eigenvalue weighted by atomic mass is 16.5. The van der Waals surface area contributed by atoms with Crippen molar-refractivity contribution >= 4 is 22.8 Å². The lowest BCUT2D eigenvalue weighted by Gasteiger charge is -2.35. The van der Waals surface area contributed by atoms with E-state index in [0.29, 0.717) is 18.3 Å². The fourth-order valence-corrected chi connectivity index (χ4v) is 2.80. The molecule has 1 aliphatic rings. The molecule has 0 aromatic carbocycles. The van der Waals surface area contributed by atoms with E-state index in [1.54, 1.807) is 10.9 Å². The number of fused-ring (bicyclic) bond motifs is 1. The largest absolute Gasteiger partial charge is 0.395 e. The second-order valence-electron chi connectivity index (χ2n) is 5.69. The molecular formula is C14H22N6O2. The first-order valence-corrected chi connectivity index (χ1v) is 7.53. The molecule has 1 saturated heterocycles. The molecule has 0 amide bonds. The molecule has 1 fully saturated rings. The molecule has 0 spiro atoms. The lowest BCUT2D eigenvalue weighted by molar-refractivity contribution is -0.00569. The van der Waals surface area contributed by atoms with Gasteiger partial charge in [-0.2, -0.15) is 15.1 Å². The van der Waals surface area contributed by atoms with Crippen LogP contribution in [-0.4, -0.2) is 63.3 Å². The van der Waals surface area contributed by atoms with Crippen LogP contribution < -0.4 is 10.2 Å². The van der Waals surface area contributed by atoms with Gasteiger partial charge < -0.3 is 20.1 Å². The van der Waals surface area contributed by atoms with E-state index in [1.165, 1.54) is 0 Å². The van der Waals surface area contributed by atoms with Crippen molar-refractivity contribution in [1.29, 1.82) is 0 Å². The fraction of sp³-hybridized carbons (Fsp3) is 0.643. The van der Waals surface area contributed by atoms with Crippen molar-refractivity contribution in [3.8, 4) is 0 Å². The molecule has 2 atom stereocenters. The molecule has 22 heavy (non-hydrogen) atoms. The molecule has 8 heteroatoms. The Labute approximate surface area is 129 Å². The maximum absolute atomic E-state index is 9.04. The zero-order chi connectivity index (χ0) is 15.7. The molecule has 2 aromatic rings. The number of hydrogen-bond donors (Lipinski definition) is 2. The molecule has 0 bridgehead atoms. The van der Waals surface area contributed by atoms with E-state index < -0.39 is 0 Å². The van der Waals surface area contributed by atoms with E-state index in [1.807, 2.05) is 7.05 Å². The maximum Gasteiger partial charge on any atom is 0.229 e. The van der Waals surface area contributed by atoms with Gasteiger partial charge in [-0.1, -0.05) is 0 Å². The van der Waals surface area contributed by atoms with Crippen molar-refractivity contribution < 1.29 is 9.84 Å². The summed E-state index contributed by atoms with van der Waals surface area (Å²) in [5, 5.41) is 17.3. The second kappa shape index (κ2) is 6.05. The molecule has 3 rings (SSSR count). The zero-order valence-electron chi connectivity index (χ0n) is 13.2. The van der Waals surface area contributed by atoms with Gasteiger partial charge in [0.05, 0.1) is 30.4 Å². The number of aliphatic hydroxyl groups is 1. The summed E-state index contributed by atoms with van der Waals surface area (Å²) in [6, 6.07) is 0. The molecule has 2 N–H and O–H groups in total. The Morgan fingerprint density at radius 3 is 2.73 bits per heavy atom. The number of anilines is 2. The van der Waals surface area contributed by atoms with Gasteiger partial charge in [0.25, 0.3) is 0 Å². The lowest BCUT2D eigenvalue weighted by Crippen LogP contribution is -2.46. The summed E-state index contributed by atoms with van der Waals surface area (Å²) in [5.41, 5.74) is 0.775. The highest BCUT2D eigenvalue weighted by Crippen LogP contribution is 2.24. The van der Waals surface area contributed by atoms with Crippen molar-refractivity contribution in [1.82, 2.24) is 19.7 Å². The number of aryl methyl sites for hydroxylation is 1. The third-order valence-corrected chi connectivity index (χ3v) is 3.69. The minimum Gasteiger partial charge on any atom is -0.395 e. The fourth-order valence-electron chi connectivity index (χ4n) is 2.80. The summed E-state index contributed by atoms with van der Waals surface area (Å²) in [5.74, 6) is 1.37. The van der Waals surface area contributed by atoms with E-state index in [4.69, 9.17) is 9.84 Å². The van der Waals surface area contributed by atoms with Gasteiger partial charge in [0.15, 0.2) is 5.65 Å². The Bertz CT molecular complexity index is 648. The third-order valence-electron chi connectivity index (χ3n) is 3.69. The molecule has 120 valence electrons. The number of ether oxygens (including phenoxy) is 1. The topological polar surface area (TPSA) is 88.3 Å². The van der Waals surface area contributed by atoms with Crippen LogP contribution in [0.2, 0.25) is 0 Å².